The summed E-state index contributed by atoms with van der Waals surface area (Å²) in [6, 6.07) is 3.89. The van der Waals surface area contributed by atoms with Crippen molar-refractivity contribution in [3.63, 3.8) is 0 Å². The van der Waals surface area contributed by atoms with Crippen LogP contribution < -0.4 is 10.1 Å². The second-order valence-electron chi connectivity index (χ2n) is 4.60. The van der Waals surface area contributed by atoms with Crippen molar-refractivity contribution in [1.29, 1.82) is 0 Å². The van der Waals surface area contributed by atoms with Crippen LogP contribution in [0.4, 0.5) is 5.82 Å². The summed E-state index contributed by atoms with van der Waals surface area (Å²) in [4.78, 5) is 11.8. The normalized spacial score (nSPS) is 12.4. The summed E-state index contributed by atoms with van der Waals surface area (Å²) in [5, 5.41) is 3.38. The van der Waals surface area contributed by atoms with Crippen LogP contribution in [0.2, 0.25) is 0 Å². The number of anilines is 1. The largest absolute Gasteiger partial charge is 0.487 e. The molecule has 0 aliphatic carbocycles. The highest BCUT2D eigenvalue weighted by Crippen LogP contribution is 2.27. The Balaban J connectivity index is 2.17. The van der Waals surface area contributed by atoms with Crippen molar-refractivity contribution >= 4 is 5.82 Å². The molecule has 5 heteroatoms. The minimum atomic E-state index is 0.0967. The van der Waals surface area contributed by atoms with E-state index >= 15 is 0 Å². The third kappa shape index (κ3) is 3.47. The van der Waals surface area contributed by atoms with E-state index in [4.69, 9.17) is 4.74 Å². The number of pyridine rings is 1. The van der Waals surface area contributed by atoms with E-state index in [1.165, 1.54) is 0 Å². The molecular formula is C14H20N4O. The van der Waals surface area contributed by atoms with Crippen molar-refractivity contribution in [2.24, 2.45) is 0 Å². The number of nitrogens with zero attached hydrogens (tertiary/aromatic N) is 2. The highest BCUT2D eigenvalue weighted by Gasteiger charge is 2.15. The lowest BCUT2D eigenvalue weighted by molar-refractivity contribution is 0.242. The van der Waals surface area contributed by atoms with E-state index in [1.807, 2.05) is 32.2 Å². The molecule has 19 heavy (non-hydrogen) atoms. The number of aromatic amines is 1. The monoisotopic (exact) mass is 260 g/mol. The number of imidazole rings is 1. The fourth-order valence-corrected chi connectivity index (χ4v) is 1.84. The van der Waals surface area contributed by atoms with Crippen molar-refractivity contribution in [3.8, 4) is 5.75 Å². The molecule has 5 nitrogen and oxygen atoms in total. The molecule has 0 aliphatic heterocycles. The molecule has 0 spiro atoms. The van der Waals surface area contributed by atoms with Crippen molar-refractivity contribution in [1.82, 2.24) is 15.0 Å². The molecule has 1 atom stereocenters. The van der Waals surface area contributed by atoms with Crippen molar-refractivity contribution in [2.45, 2.75) is 39.3 Å². The van der Waals surface area contributed by atoms with Gasteiger partial charge in [0.15, 0.2) is 11.6 Å². The van der Waals surface area contributed by atoms with E-state index in [0.29, 0.717) is 0 Å². The lowest BCUT2D eigenvalue weighted by Gasteiger charge is -2.19. The van der Waals surface area contributed by atoms with Crippen LogP contribution in [0.15, 0.2) is 30.7 Å². The molecule has 0 aliphatic rings. The molecule has 0 aromatic carbocycles. The summed E-state index contributed by atoms with van der Waals surface area (Å²) in [5.41, 5.74) is 0. The molecule has 0 amide bonds. The van der Waals surface area contributed by atoms with Gasteiger partial charge in [-0.1, -0.05) is 6.92 Å². The maximum absolute atomic E-state index is 5.75. The molecule has 1 unspecified atom stereocenters. The Bertz CT molecular complexity index is 496. The first-order valence-corrected chi connectivity index (χ1v) is 6.58. The van der Waals surface area contributed by atoms with E-state index in [2.05, 4.69) is 27.2 Å². The molecule has 2 N–H and O–H groups in total. The molecule has 2 rings (SSSR count). The third-order valence-electron chi connectivity index (χ3n) is 2.70. The van der Waals surface area contributed by atoms with Gasteiger partial charge in [-0.25, -0.2) is 9.97 Å². The topological polar surface area (TPSA) is 62.8 Å². The number of hydrogen-bond acceptors (Lipinski definition) is 4. The zero-order valence-electron chi connectivity index (χ0n) is 11.6. The molecule has 0 bridgehead atoms. The lowest BCUT2D eigenvalue weighted by atomic mass is 10.2. The highest BCUT2D eigenvalue weighted by atomic mass is 16.5. The Morgan fingerprint density at radius 3 is 2.79 bits per heavy atom. The van der Waals surface area contributed by atoms with Crippen LogP contribution in [0.25, 0.3) is 0 Å². The van der Waals surface area contributed by atoms with E-state index in [-0.39, 0.29) is 12.1 Å². The first kappa shape index (κ1) is 13.4. The first-order chi connectivity index (χ1) is 9.20. The molecule has 0 fully saturated rings. The number of hydrogen-bond donors (Lipinski definition) is 2. The van der Waals surface area contributed by atoms with Gasteiger partial charge in [-0.2, -0.15) is 0 Å². The van der Waals surface area contributed by atoms with Gasteiger partial charge in [-0.15, -0.1) is 0 Å². The Labute approximate surface area is 113 Å². The second-order valence-corrected chi connectivity index (χ2v) is 4.60. The van der Waals surface area contributed by atoms with Crippen LogP contribution in [0.5, 0.6) is 5.75 Å². The molecule has 2 heterocycles. The SMILES string of the molecule is CCC(Nc1ncccc1OC(C)C)c1ncc[nH]1. The summed E-state index contributed by atoms with van der Waals surface area (Å²) in [5.74, 6) is 2.42. The molecule has 0 saturated heterocycles. The van der Waals surface area contributed by atoms with Gasteiger partial charge in [0.2, 0.25) is 0 Å². The average Bonchev–Trinajstić information content (AvgIpc) is 2.91. The highest BCUT2D eigenvalue weighted by molar-refractivity contribution is 5.50. The number of aromatic nitrogens is 3. The van der Waals surface area contributed by atoms with Crippen LogP contribution in [0.3, 0.4) is 0 Å². The summed E-state index contributed by atoms with van der Waals surface area (Å²) in [7, 11) is 0. The van der Waals surface area contributed by atoms with Crippen LogP contribution in [0, 0.1) is 0 Å². The molecule has 102 valence electrons. The Morgan fingerprint density at radius 1 is 1.32 bits per heavy atom. The van der Waals surface area contributed by atoms with Crippen molar-refractivity contribution < 1.29 is 4.74 Å². The van der Waals surface area contributed by atoms with Gasteiger partial charge in [0, 0.05) is 18.6 Å². The third-order valence-corrected chi connectivity index (χ3v) is 2.70. The number of nitrogens with one attached hydrogen (secondary N) is 2. The zero-order chi connectivity index (χ0) is 13.7. The van der Waals surface area contributed by atoms with Crippen molar-refractivity contribution in [3.05, 3.63) is 36.5 Å². The van der Waals surface area contributed by atoms with Gasteiger partial charge < -0.3 is 15.0 Å². The molecule has 2 aromatic rings. The quantitative estimate of drug-likeness (QED) is 0.837. The second kappa shape index (κ2) is 6.22. The van der Waals surface area contributed by atoms with Crippen molar-refractivity contribution in [2.75, 3.05) is 5.32 Å². The minimum Gasteiger partial charge on any atom is -0.487 e. The average molecular weight is 260 g/mol. The minimum absolute atomic E-state index is 0.0967. The Hall–Kier alpha value is -2.04. The number of ether oxygens (including phenoxy) is 1. The fraction of sp³-hybridized carbons (Fsp3) is 0.429. The van der Waals surface area contributed by atoms with Gasteiger partial charge in [-0.3, -0.25) is 0 Å². The molecular weight excluding hydrogens is 240 g/mol. The predicted molar refractivity (Wildman–Crippen MR) is 75.2 cm³/mol. The van der Waals surface area contributed by atoms with Gasteiger partial charge in [0.25, 0.3) is 0 Å². The zero-order valence-corrected chi connectivity index (χ0v) is 11.6. The maximum atomic E-state index is 5.75. The van der Waals surface area contributed by atoms with Crippen LogP contribution in [0.1, 0.15) is 39.1 Å². The summed E-state index contributed by atoms with van der Waals surface area (Å²) < 4.78 is 5.75. The smallest absolute Gasteiger partial charge is 0.169 e. The van der Waals surface area contributed by atoms with E-state index in [9.17, 15) is 0 Å². The molecule has 0 saturated carbocycles. The van der Waals surface area contributed by atoms with E-state index in [1.54, 1.807) is 12.4 Å². The van der Waals surface area contributed by atoms with Gasteiger partial charge >= 0.3 is 0 Å². The summed E-state index contributed by atoms with van der Waals surface area (Å²) in [6.45, 7) is 6.10. The lowest BCUT2D eigenvalue weighted by Crippen LogP contribution is -2.15. The van der Waals surface area contributed by atoms with Crippen LogP contribution in [-0.4, -0.2) is 21.1 Å². The van der Waals surface area contributed by atoms with Gasteiger partial charge in [-0.05, 0) is 32.4 Å². The standard InChI is InChI=1S/C14H20N4O/c1-4-11(13-16-8-9-17-13)18-14-12(19-10(2)3)6-5-7-15-14/h5-11H,4H2,1-3H3,(H,15,18)(H,16,17). The van der Waals surface area contributed by atoms with E-state index < -0.39 is 0 Å². The summed E-state index contributed by atoms with van der Waals surface area (Å²) in [6.07, 6.45) is 6.36. The predicted octanol–water partition coefficient (Wildman–Crippen LogP) is 3.16. The Kier molecular flexibility index (Phi) is 4.39. The fourth-order valence-electron chi connectivity index (χ4n) is 1.84. The number of rotatable bonds is 6. The van der Waals surface area contributed by atoms with Gasteiger partial charge in [0.1, 0.15) is 5.82 Å². The Morgan fingerprint density at radius 2 is 2.16 bits per heavy atom. The van der Waals surface area contributed by atoms with Crippen LogP contribution >= 0.6 is 0 Å². The first-order valence-electron chi connectivity index (χ1n) is 6.58. The number of H-pyrrole nitrogens is 1. The molecule has 2 aromatic heterocycles. The van der Waals surface area contributed by atoms with E-state index in [0.717, 1.165) is 23.8 Å². The van der Waals surface area contributed by atoms with Crippen LogP contribution in [-0.2, 0) is 0 Å². The molecule has 0 radical (unpaired) electrons. The maximum Gasteiger partial charge on any atom is 0.169 e. The summed E-state index contributed by atoms with van der Waals surface area (Å²) >= 11 is 0. The van der Waals surface area contributed by atoms with Gasteiger partial charge in [0.05, 0.1) is 12.1 Å².